The summed E-state index contributed by atoms with van der Waals surface area (Å²) in [5, 5.41) is 2.66. The standard InChI is InChI=1S/C21H28N2O/c1-3-23(4-2)21(24)19-12-8-14-22(16-19)15-18-11-7-10-17-9-5-6-13-20(17)18/h5-7,9-11,13,19H,3-4,8,12,14-16H2,1-2H3/p+1/t19-/m0/s1. The molecule has 2 aromatic rings. The van der Waals surface area contributed by atoms with Crippen LogP contribution in [0.1, 0.15) is 32.3 Å². The molecule has 3 rings (SSSR count). The molecule has 1 aliphatic rings. The van der Waals surface area contributed by atoms with Gasteiger partial charge in [-0.25, -0.2) is 0 Å². The highest BCUT2D eigenvalue weighted by Crippen LogP contribution is 2.18. The molecule has 3 heteroatoms. The lowest BCUT2D eigenvalue weighted by atomic mass is 9.95. The summed E-state index contributed by atoms with van der Waals surface area (Å²) >= 11 is 0. The number of rotatable bonds is 5. The summed E-state index contributed by atoms with van der Waals surface area (Å²) in [6.45, 7) is 8.96. The summed E-state index contributed by atoms with van der Waals surface area (Å²) in [5.41, 5.74) is 1.40. The second-order valence-corrected chi connectivity index (χ2v) is 6.87. The van der Waals surface area contributed by atoms with Crippen LogP contribution in [0.2, 0.25) is 0 Å². The third-order valence-corrected chi connectivity index (χ3v) is 5.36. The van der Waals surface area contributed by atoms with Crippen LogP contribution >= 0.6 is 0 Å². The minimum Gasteiger partial charge on any atom is -0.343 e. The maximum atomic E-state index is 12.7. The number of nitrogens with one attached hydrogen (secondary N) is 1. The van der Waals surface area contributed by atoms with Crippen LogP contribution in [0.4, 0.5) is 0 Å². The van der Waals surface area contributed by atoms with Crippen LogP contribution in [0.25, 0.3) is 10.8 Å². The average molecular weight is 325 g/mol. The molecule has 0 aliphatic carbocycles. The van der Waals surface area contributed by atoms with Crippen LogP contribution < -0.4 is 4.90 Å². The van der Waals surface area contributed by atoms with E-state index in [1.807, 2.05) is 4.90 Å². The summed E-state index contributed by atoms with van der Waals surface area (Å²) in [6, 6.07) is 15.2. The van der Waals surface area contributed by atoms with Gasteiger partial charge in [-0.1, -0.05) is 42.5 Å². The molecule has 128 valence electrons. The van der Waals surface area contributed by atoms with Gasteiger partial charge >= 0.3 is 0 Å². The SMILES string of the molecule is CCN(CC)C(=O)[C@H]1CCC[NH+](Cc2cccc3ccccc23)C1. The molecule has 3 nitrogen and oxygen atoms in total. The number of fused-ring (bicyclic) bond motifs is 1. The molecule has 1 saturated heterocycles. The van der Waals surface area contributed by atoms with E-state index in [4.69, 9.17) is 0 Å². The lowest BCUT2D eigenvalue weighted by Gasteiger charge is -2.32. The Labute approximate surface area is 145 Å². The van der Waals surface area contributed by atoms with E-state index in [0.29, 0.717) is 5.91 Å². The van der Waals surface area contributed by atoms with E-state index in [1.165, 1.54) is 22.9 Å². The summed E-state index contributed by atoms with van der Waals surface area (Å²) in [7, 11) is 0. The van der Waals surface area contributed by atoms with Crippen molar-refractivity contribution in [1.29, 1.82) is 0 Å². The maximum Gasteiger partial charge on any atom is 0.231 e. The largest absolute Gasteiger partial charge is 0.343 e. The zero-order valence-electron chi connectivity index (χ0n) is 14.9. The van der Waals surface area contributed by atoms with Crippen molar-refractivity contribution < 1.29 is 9.69 Å². The first-order valence-electron chi connectivity index (χ1n) is 9.32. The van der Waals surface area contributed by atoms with Crippen molar-refractivity contribution in [3.05, 3.63) is 48.0 Å². The van der Waals surface area contributed by atoms with Crippen LogP contribution in [-0.2, 0) is 11.3 Å². The molecule has 0 saturated carbocycles. The Morgan fingerprint density at radius 1 is 1.12 bits per heavy atom. The lowest BCUT2D eigenvalue weighted by Crippen LogP contribution is -3.12. The normalized spacial score (nSPS) is 20.9. The van der Waals surface area contributed by atoms with Crippen LogP contribution in [0.15, 0.2) is 42.5 Å². The molecule has 0 aromatic heterocycles. The number of benzene rings is 2. The molecule has 2 aromatic carbocycles. The minimum atomic E-state index is 0.198. The molecule has 0 radical (unpaired) electrons. The molecule has 1 fully saturated rings. The van der Waals surface area contributed by atoms with E-state index in [2.05, 4.69) is 56.3 Å². The number of hydrogen-bond donors (Lipinski definition) is 1. The van der Waals surface area contributed by atoms with Crippen LogP contribution in [0.3, 0.4) is 0 Å². The van der Waals surface area contributed by atoms with Gasteiger partial charge in [0.15, 0.2) is 0 Å². The zero-order valence-corrected chi connectivity index (χ0v) is 14.9. The highest BCUT2D eigenvalue weighted by atomic mass is 16.2. The second-order valence-electron chi connectivity index (χ2n) is 6.87. The van der Waals surface area contributed by atoms with Crippen LogP contribution in [0.5, 0.6) is 0 Å². The molecule has 1 amide bonds. The predicted octanol–water partition coefficient (Wildman–Crippen LogP) is 2.50. The maximum absolute atomic E-state index is 12.7. The average Bonchev–Trinajstić information content (AvgIpc) is 2.63. The molecule has 2 atom stereocenters. The number of hydrogen-bond acceptors (Lipinski definition) is 1. The number of piperidine rings is 1. The Balaban J connectivity index is 1.72. The topological polar surface area (TPSA) is 24.8 Å². The van der Waals surface area contributed by atoms with Gasteiger partial charge < -0.3 is 9.80 Å². The van der Waals surface area contributed by atoms with Gasteiger partial charge in [-0.05, 0) is 37.5 Å². The molecular formula is C21H29N2O+. The van der Waals surface area contributed by atoms with Crippen molar-refractivity contribution in [2.75, 3.05) is 26.2 Å². The van der Waals surface area contributed by atoms with Crippen molar-refractivity contribution in [2.24, 2.45) is 5.92 Å². The number of quaternary nitrogens is 1. The van der Waals surface area contributed by atoms with Crippen molar-refractivity contribution >= 4 is 16.7 Å². The lowest BCUT2D eigenvalue weighted by molar-refractivity contribution is -0.921. The van der Waals surface area contributed by atoms with E-state index in [1.54, 1.807) is 4.90 Å². The summed E-state index contributed by atoms with van der Waals surface area (Å²) in [4.78, 5) is 16.2. The molecule has 1 aliphatic heterocycles. The molecule has 24 heavy (non-hydrogen) atoms. The van der Waals surface area contributed by atoms with E-state index >= 15 is 0 Å². The van der Waals surface area contributed by atoms with Gasteiger partial charge in [0.05, 0.1) is 19.0 Å². The van der Waals surface area contributed by atoms with Crippen LogP contribution in [-0.4, -0.2) is 37.0 Å². The first-order valence-corrected chi connectivity index (χ1v) is 9.32. The first kappa shape index (κ1) is 17.0. The monoisotopic (exact) mass is 325 g/mol. The Morgan fingerprint density at radius 2 is 1.88 bits per heavy atom. The van der Waals surface area contributed by atoms with Crippen LogP contribution in [0, 0.1) is 5.92 Å². The first-order chi connectivity index (χ1) is 11.7. The fourth-order valence-corrected chi connectivity index (χ4v) is 4.03. The second kappa shape index (κ2) is 7.80. The van der Waals surface area contributed by atoms with Crippen molar-refractivity contribution in [2.45, 2.75) is 33.2 Å². The Kier molecular flexibility index (Phi) is 5.52. The molecular weight excluding hydrogens is 296 g/mol. The Bertz CT molecular complexity index is 688. The van der Waals surface area contributed by atoms with Gasteiger partial charge in [-0.2, -0.15) is 0 Å². The number of carbonyl (C=O) groups is 1. The molecule has 0 spiro atoms. The van der Waals surface area contributed by atoms with Gasteiger partial charge in [-0.15, -0.1) is 0 Å². The Hall–Kier alpha value is -1.87. The van der Waals surface area contributed by atoms with Gasteiger partial charge in [-0.3, -0.25) is 4.79 Å². The predicted molar refractivity (Wildman–Crippen MR) is 99.0 cm³/mol. The van der Waals surface area contributed by atoms with Gasteiger partial charge in [0.25, 0.3) is 0 Å². The third kappa shape index (κ3) is 3.62. The minimum absolute atomic E-state index is 0.198. The molecule has 1 heterocycles. The highest BCUT2D eigenvalue weighted by Gasteiger charge is 2.31. The number of nitrogens with zero attached hydrogens (tertiary/aromatic N) is 1. The number of carbonyl (C=O) groups excluding carboxylic acids is 1. The Morgan fingerprint density at radius 3 is 2.67 bits per heavy atom. The summed E-state index contributed by atoms with van der Waals surface area (Å²) < 4.78 is 0. The van der Waals surface area contributed by atoms with E-state index in [-0.39, 0.29) is 5.92 Å². The fourth-order valence-electron chi connectivity index (χ4n) is 4.03. The third-order valence-electron chi connectivity index (χ3n) is 5.36. The quantitative estimate of drug-likeness (QED) is 0.898. The van der Waals surface area contributed by atoms with Crippen molar-refractivity contribution in [3.8, 4) is 0 Å². The summed E-state index contributed by atoms with van der Waals surface area (Å²) in [5.74, 6) is 0.554. The number of likely N-dealkylation sites (tertiary alicyclic amines) is 1. The highest BCUT2D eigenvalue weighted by molar-refractivity contribution is 5.85. The van der Waals surface area contributed by atoms with Gasteiger partial charge in [0.2, 0.25) is 5.91 Å². The molecule has 1 unspecified atom stereocenters. The van der Waals surface area contributed by atoms with Gasteiger partial charge in [0, 0.05) is 18.7 Å². The van der Waals surface area contributed by atoms with Gasteiger partial charge in [0.1, 0.15) is 6.54 Å². The molecule has 1 N–H and O–H groups in total. The fraction of sp³-hybridized carbons (Fsp3) is 0.476. The van der Waals surface area contributed by atoms with E-state index in [9.17, 15) is 4.79 Å². The van der Waals surface area contributed by atoms with Crippen molar-refractivity contribution in [1.82, 2.24) is 4.90 Å². The smallest absolute Gasteiger partial charge is 0.231 e. The molecule has 0 bridgehead atoms. The zero-order chi connectivity index (χ0) is 16.9. The van der Waals surface area contributed by atoms with E-state index in [0.717, 1.165) is 39.0 Å². The van der Waals surface area contributed by atoms with E-state index < -0.39 is 0 Å². The summed E-state index contributed by atoms with van der Waals surface area (Å²) in [6.07, 6.45) is 2.20. The van der Waals surface area contributed by atoms with Crippen molar-refractivity contribution in [3.63, 3.8) is 0 Å². The number of amides is 1.